The van der Waals surface area contributed by atoms with E-state index < -0.39 is 0 Å². The highest BCUT2D eigenvalue weighted by Gasteiger charge is 2.21. The van der Waals surface area contributed by atoms with E-state index in [9.17, 15) is 0 Å². The Hall–Kier alpha value is -0.0800. The van der Waals surface area contributed by atoms with Crippen molar-refractivity contribution in [3.63, 3.8) is 0 Å². The van der Waals surface area contributed by atoms with Crippen LogP contribution in [0.3, 0.4) is 0 Å². The van der Waals surface area contributed by atoms with Crippen molar-refractivity contribution in [2.75, 3.05) is 19.6 Å². The molecule has 0 bridgehead atoms. The SMILES string of the molecule is CCN1CCCCC1CNC(C)C(C)C. The topological polar surface area (TPSA) is 15.3 Å². The molecule has 15 heavy (non-hydrogen) atoms. The normalized spacial score (nSPS) is 25.8. The van der Waals surface area contributed by atoms with Crippen LogP contribution in [0.15, 0.2) is 0 Å². The van der Waals surface area contributed by atoms with Gasteiger partial charge in [-0.2, -0.15) is 0 Å². The molecule has 2 heteroatoms. The Morgan fingerprint density at radius 3 is 2.60 bits per heavy atom. The Balaban J connectivity index is 2.29. The third-order valence-electron chi connectivity index (χ3n) is 3.83. The maximum Gasteiger partial charge on any atom is 0.0220 e. The molecule has 1 saturated heterocycles. The molecule has 0 aromatic heterocycles. The second-order valence-corrected chi connectivity index (χ2v) is 5.22. The maximum atomic E-state index is 3.67. The monoisotopic (exact) mass is 212 g/mol. The van der Waals surface area contributed by atoms with Gasteiger partial charge in [-0.15, -0.1) is 0 Å². The van der Waals surface area contributed by atoms with Crippen LogP contribution >= 0.6 is 0 Å². The van der Waals surface area contributed by atoms with Crippen molar-refractivity contribution >= 4 is 0 Å². The van der Waals surface area contributed by atoms with Gasteiger partial charge in [0.2, 0.25) is 0 Å². The van der Waals surface area contributed by atoms with Crippen LogP contribution in [0.2, 0.25) is 0 Å². The summed E-state index contributed by atoms with van der Waals surface area (Å²) in [7, 11) is 0. The molecule has 1 aliphatic rings. The molecule has 0 amide bonds. The summed E-state index contributed by atoms with van der Waals surface area (Å²) >= 11 is 0. The number of hydrogen-bond acceptors (Lipinski definition) is 2. The summed E-state index contributed by atoms with van der Waals surface area (Å²) in [5.41, 5.74) is 0. The van der Waals surface area contributed by atoms with Gasteiger partial charge in [0.05, 0.1) is 0 Å². The van der Waals surface area contributed by atoms with E-state index in [-0.39, 0.29) is 0 Å². The van der Waals surface area contributed by atoms with Gasteiger partial charge in [0, 0.05) is 18.6 Å². The summed E-state index contributed by atoms with van der Waals surface area (Å²) in [4.78, 5) is 2.63. The second kappa shape index (κ2) is 6.49. The fourth-order valence-electron chi connectivity index (χ4n) is 2.27. The van der Waals surface area contributed by atoms with E-state index >= 15 is 0 Å². The highest BCUT2D eigenvalue weighted by Crippen LogP contribution is 2.16. The van der Waals surface area contributed by atoms with Crippen LogP contribution in [-0.2, 0) is 0 Å². The van der Waals surface area contributed by atoms with Gasteiger partial charge >= 0.3 is 0 Å². The Morgan fingerprint density at radius 1 is 1.27 bits per heavy atom. The molecule has 0 aromatic rings. The maximum absolute atomic E-state index is 3.67. The lowest BCUT2D eigenvalue weighted by Gasteiger charge is -2.36. The Morgan fingerprint density at radius 2 is 2.00 bits per heavy atom. The number of nitrogens with zero attached hydrogens (tertiary/aromatic N) is 1. The molecule has 1 heterocycles. The summed E-state index contributed by atoms with van der Waals surface area (Å²) in [6.45, 7) is 12.8. The average molecular weight is 212 g/mol. The molecule has 0 radical (unpaired) electrons. The molecule has 90 valence electrons. The quantitative estimate of drug-likeness (QED) is 0.753. The van der Waals surface area contributed by atoms with E-state index in [4.69, 9.17) is 0 Å². The zero-order chi connectivity index (χ0) is 11.3. The predicted octanol–water partition coefficient (Wildman–Crippen LogP) is 2.49. The van der Waals surface area contributed by atoms with E-state index in [0.717, 1.165) is 12.0 Å². The first-order chi connectivity index (χ1) is 7.15. The van der Waals surface area contributed by atoms with Crippen molar-refractivity contribution in [1.29, 1.82) is 0 Å². The minimum Gasteiger partial charge on any atom is -0.312 e. The van der Waals surface area contributed by atoms with Crippen molar-refractivity contribution in [3.8, 4) is 0 Å². The van der Waals surface area contributed by atoms with E-state index in [1.54, 1.807) is 0 Å². The van der Waals surface area contributed by atoms with Gasteiger partial charge < -0.3 is 5.32 Å². The average Bonchev–Trinajstić information content (AvgIpc) is 2.26. The first kappa shape index (κ1) is 13.0. The van der Waals surface area contributed by atoms with E-state index in [1.807, 2.05) is 0 Å². The predicted molar refractivity (Wildman–Crippen MR) is 67.2 cm³/mol. The summed E-state index contributed by atoms with van der Waals surface area (Å²) in [5.74, 6) is 0.740. The van der Waals surface area contributed by atoms with Crippen LogP contribution in [0.5, 0.6) is 0 Å². The number of nitrogens with one attached hydrogen (secondary N) is 1. The van der Waals surface area contributed by atoms with E-state index in [0.29, 0.717) is 6.04 Å². The highest BCUT2D eigenvalue weighted by atomic mass is 15.2. The van der Waals surface area contributed by atoms with Crippen molar-refractivity contribution < 1.29 is 0 Å². The van der Waals surface area contributed by atoms with Gasteiger partial charge in [0.15, 0.2) is 0 Å². The van der Waals surface area contributed by atoms with Gasteiger partial charge in [-0.1, -0.05) is 27.2 Å². The van der Waals surface area contributed by atoms with Gasteiger partial charge in [0.1, 0.15) is 0 Å². The third-order valence-corrected chi connectivity index (χ3v) is 3.83. The molecule has 0 aromatic carbocycles. The minimum absolute atomic E-state index is 0.644. The van der Waals surface area contributed by atoms with Crippen LogP contribution in [0, 0.1) is 5.92 Å². The van der Waals surface area contributed by atoms with Gasteiger partial charge in [0.25, 0.3) is 0 Å². The Labute approximate surface area is 95.4 Å². The van der Waals surface area contributed by atoms with Gasteiger partial charge in [-0.3, -0.25) is 4.90 Å². The summed E-state index contributed by atoms with van der Waals surface area (Å²) in [6.07, 6.45) is 4.19. The Bertz CT molecular complexity index is 168. The summed E-state index contributed by atoms with van der Waals surface area (Å²) < 4.78 is 0. The van der Waals surface area contributed by atoms with Gasteiger partial charge in [-0.05, 0) is 38.8 Å². The summed E-state index contributed by atoms with van der Waals surface area (Å²) in [5, 5.41) is 3.67. The third kappa shape index (κ3) is 4.12. The molecular weight excluding hydrogens is 184 g/mol. The number of hydrogen-bond donors (Lipinski definition) is 1. The van der Waals surface area contributed by atoms with Gasteiger partial charge in [-0.25, -0.2) is 0 Å². The molecule has 1 N–H and O–H groups in total. The van der Waals surface area contributed by atoms with Crippen molar-refractivity contribution in [2.45, 2.75) is 59.0 Å². The van der Waals surface area contributed by atoms with Crippen LogP contribution in [0.1, 0.15) is 47.0 Å². The molecule has 0 spiro atoms. The standard InChI is InChI=1S/C13H28N2/c1-5-15-9-7-6-8-13(15)10-14-12(4)11(2)3/h11-14H,5-10H2,1-4H3. The number of piperidine rings is 1. The smallest absolute Gasteiger partial charge is 0.0220 e. The van der Waals surface area contributed by atoms with Crippen LogP contribution in [0.25, 0.3) is 0 Å². The van der Waals surface area contributed by atoms with Crippen molar-refractivity contribution in [1.82, 2.24) is 10.2 Å². The molecule has 2 atom stereocenters. The largest absolute Gasteiger partial charge is 0.312 e. The molecule has 1 aliphatic heterocycles. The molecule has 1 fully saturated rings. The van der Waals surface area contributed by atoms with Crippen LogP contribution in [0.4, 0.5) is 0 Å². The number of likely N-dealkylation sites (N-methyl/N-ethyl adjacent to an activating group) is 1. The van der Waals surface area contributed by atoms with Crippen LogP contribution < -0.4 is 5.32 Å². The minimum atomic E-state index is 0.644. The fourth-order valence-corrected chi connectivity index (χ4v) is 2.27. The number of rotatable bonds is 5. The molecule has 0 saturated carbocycles. The second-order valence-electron chi connectivity index (χ2n) is 5.22. The number of likely N-dealkylation sites (tertiary alicyclic amines) is 1. The molecule has 1 rings (SSSR count). The lowest BCUT2D eigenvalue weighted by molar-refractivity contribution is 0.148. The molecule has 2 unspecified atom stereocenters. The molecule has 0 aliphatic carbocycles. The molecule has 2 nitrogen and oxygen atoms in total. The lowest BCUT2D eigenvalue weighted by Crippen LogP contribution is -2.47. The summed E-state index contributed by atoms with van der Waals surface area (Å²) in [6, 6.07) is 1.43. The van der Waals surface area contributed by atoms with Crippen molar-refractivity contribution in [3.05, 3.63) is 0 Å². The first-order valence-corrected chi connectivity index (χ1v) is 6.62. The van der Waals surface area contributed by atoms with E-state index in [2.05, 4.69) is 37.9 Å². The highest BCUT2D eigenvalue weighted by molar-refractivity contribution is 4.79. The van der Waals surface area contributed by atoms with Crippen LogP contribution in [-0.4, -0.2) is 36.6 Å². The van der Waals surface area contributed by atoms with Crippen molar-refractivity contribution in [2.24, 2.45) is 5.92 Å². The van der Waals surface area contributed by atoms with E-state index in [1.165, 1.54) is 38.9 Å². The lowest BCUT2D eigenvalue weighted by atomic mass is 10.0. The fraction of sp³-hybridized carbons (Fsp3) is 1.00. The zero-order valence-corrected chi connectivity index (χ0v) is 10.9. The first-order valence-electron chi connectivity index (χ1n) is 6.62. The molecular formula is C13H28N2. The zero-order valence-electron chi connectivity index (χ0n) is 10.9. The Kier molecular flexibility index (Phi) is 5.62.